The predicted octanol–water partition coefficient (Wildman–Crippen LogP) is 1.18. The van der Waals surface area contributed by atoms with Crippen molar-refractivity contribution in [3.8, 4) is 0 Å². The lowest BCUT2D eigenvalue weighted by atomic mass is 10.2. The van der Waals surface area contributed by atoms with Gasteiger partial charge in [-0.25, -0.2) is 4.98 Å². The van der Waals surface area contributed by atoms with Crippen LogP contribution in [0, 0.1) is 6.92 Å². The minimum atomic E-state index is -0.195. The number of rotatable bonds is 3. The summed E-state index contributed by atoms with van der Waals surface area (Å²) in [7, 11) is 0. The molecule has 0 radical (unpaired) electrons. The zero-order valence-electron chi connectivity index (χ0n) is 10.2. The Balaban J connectivity index is 1.72. The van der Waals surface area contributed by atoms with Crippen molar-refractivity contribution in [1.29, 1.82) is 0 Å². The van der Waals surface area contributed by atoms with Gasteiger partial charge in [-0.15, -0.1) is 0 Å². The first-order valence-corrected chi connectivity index (χ1v) is 5.73. The maximum Gasteiger partial charge on any atom is 0.251 e. The van der Waals surface area contributed by atoms with E-state index in [1.165, 1.54) is 0 Å². The summed E-state index contributed by atoms with van der Waals surface area (Å²) in [4.78, 5) is 23.0. The van der Waals surface area contributed by atoms with Gasteiger partial charge >= 0.3 is 0 Å². The molecule has 96 valence electrons. The average molecular weight is 257 g/mol. The number of aromatic nitrogens is 4. The van der Waals surface area contributed by atoms with E-state index < -0.39 is 0 Å². The minimum absolute atomic E-state index is 0.195. The van der Waals surface area contributed by atoms with Gasteiger partial charge in [0.25, 0.3) is 5.91 Å². The lowest BCUT2D eigenvalue weighted by Gasteiger charge is -2.02. The highest BCUT2D eigenvalue weighted by molar-refractivity contribution is 5.97. The Bertz CT molecular complexity index is 730. The molecule has 0 aliphatic carbocycles. The van der Waals surface area contributed by atoms with Crippen molar-refractivity contribution in [3.05, 3.63) is 41.8 Å². The second-order valence-electron chi connectivity index (χ2n) is 4.05. The Hall–Kier alpha value is -2.70. The second-order valence-corrected chi connectivity index (χ2v) is 4.05. The van der Waals surface area contributed by atoms with Crippen molar-refractivity contribution in [3.63, 3.8) is 0 Å². The van der Waals surface area contributed by atoms with E-state index in [2.05, 4.69) is 25.4 Å². The first-order chi connectivity index (χ1) is 9.22. The fourth-order valence-electron chi connectivity index (χ4n) is 1.75. The lowest BCUT2D eigenvalue weighted by Crippen LogP contribution is -2.23. The number of amides is 1. The Morgan fingerprint density at radius 3 is 3.16 bits per heavy atom. The molecule has 0 saturated carbocycles. The number of H-pyrrole nitrogens is 1. The van der Waals surface area contributed by atoms with Crippen LogP contribution < -0.4 is 5.32 Å². The average Bonchev–Trinajstić information content (AvgIpc) is 3.03. The van der Waals surface area contributed by atoms with Gasteiger partial charge < -0.3 is 14.8 Å². The summed E-state index contributed by atoms with van der Waals surface area (Å²) in [5.74, 6) is 0.732. The van der Waals surface area contributed by atoms with E-state index in [4.69, 9.17) is 4.52 Å². The maximum atomic E-state index is 12.0. The van der Waals surface area contributed by atoms with Crippen LogP contribution in [0.5, 0.6) is 0 Å². The van der Waals surface area contributed by atoms with Crippen molar-refractivity contribution < 1.29 is 9.32 Å². The van der Waals surface area contributed by atoms with Gasteiger partial charge in [0.2, 0.25) is 5.89 Å². The molecule has 3 aromatic rings. The van der Waals surface area contributed by atoms with Crippen LogP contribution in [0.3, 0.4) is 0 Å². The third kappa shape index (κ3) is 2.30. The summed E-state index contributed by atoms with van der Waals surface area (Å²) in [6, 6.07) is 5.26. The van der Waals surface area contributed by atoms with E-state index in [1.807, 2.05) is 0 Å². The molecule has 0 saturated heterocycles. The molecule has 0 spiro atoms. The zero-order valence-corrected chi connectivity index (χ0v) is 10.2. The third-order valence-electron chi connectivity index (χ3n) is 2.66. The largest absolute Gasteiger partial charge is 0.345 e. The number of hydrogen-bond donors (Lipinski definition) is 2. The molecule has 0 atom stereocenters. The van der Waals surface area contributed by atoms with Crippen LogP contribution in [0.15, 0.2) is 29.0 Å². The number of fused-ring (bicyclic) bond motifs is 1. The molecule has 1 amide bonds. The summed E-state index contributed by atoms with van der Waals surface area (Å²) in [6.45, 7) is 1.93. The van der Waals surface area contributed by atoms with Gasteiger partial charge in [0.1, 0.15) is 0 Å². The number of imidazole rings is 1. The number of aryl methyl sites for hydroxylation is 1. The molecule has 1 aromatic carbocycles. The van der Waals surface area contributed by atoms with Crippen LogP contribution in [0.2, 0.25) is 0 Å². The molecule has 2 aromatic heterocycles. The minimum Gasteiger partial charge on any atom is -0.345 e. The van der Waals surface area contributed by atoms with Gasteiger partial charge in [-0.3, -0.25) is 4.79 Å². The van der Waals surface area contributed by atoms with Crippen molar-refractivity contribution in [2.75, 3.05) is 0 Å². The Morgan fingerprint density at radius 1 is 1.47 bits per heavy atom. The van der Waals surface area contributed by atoms with Crippen LogP contribution in [-0.2, 0) is 6.54 Å². The van der Waals surface area contributed by atoms with Gasteiger partial charge in [0, 0.05) is 12.5 Å². The van der Waals surface area contributed by atoms with Gasteiger partial charge in [-0.1, -0.05) is 5.16 Å². The van der Waals surface area contributed by atoms with E-state index in [1.54, 1.807) is 31.5 Å². The van der Waals surface area contributed by atoms with Crippen LogP contribution in [0.1, 0.15) is 22.1 Å². The first-order valence-electron chi connectivity index (χ1n) is 5.73. The predicted molar refractivity (Wildman–Crippen MR) is 66.3 cm³/mol. The van der Waals surface area contributed by atoms with E-state index in [-0.39, 0.29) is 12.5 Å². The van der Waals surface area contributed by atoms with Crippen molar-refractivity contribution >= 4 is 16.9 Å². The Kier molecular flexibility index (Phi) is 2.71. The number of carbonyl (C=O) groups excluding carboxylic acids is 1. The van der Waals surface area contributed by atoms with Crippen LogP contribution in [0.25, 0.3) is 11.0 Å². The second kappa shape index (κ2) is 4.52. The van der Waals surface area contributed by atoms with E-state index >= 15 is 0 Å². The SMILES string of the molecule is Cc1nc(CNC(=O)c2ccc3nc[nH]c3c2)no1. The molecule has 2 N–H and O–H groups in total. The summed E-state index contributed by atoms with van der Waals surface area (Å²) < 4.78 is 4.82. The monoisotopic (exact) mass is 257 g/mol. The molecule has 0 unspecified atom stereocenters. The number of aromatic amines is 1. The molecule has 3 rings (SSSR count). The molecule has 0 fully saturated rings. The lowest BCUT2D eigenvalue weighted by molar-refractivity contribution is 0.0950. The van der Waals surface area contributed by atoms with Crippen LogP contribution in [0.4, 0.5) is 0 Å². The summed E-state index contributed by atoms with van der Waals surface area (Å²) >= 11 is 0. The number of nitrogens with zero attached hydrogens (tertiary/aromatic N) is 3. The van der Waals surface area contributed by atoms with E-state index in [0.717, 1.165) is 11.0 Å². The molecular weight excluding hydrogens is 246 g/mol. The highest BCUT2D eigenvalue weighted by Gasteiger charge is 2.09. The third-order valence-corrected chi connectivity index (χ3v) is 2.66. The molecule has 7 heteroatoms. The zero-order chi connectivity index (χ0) is 13.2. The highest BCUT2D eigenvalue weighted by Crippen LogP contribution is 2.11. The molecule has 0 bridgehead atoms. The topological polar surface area (TPSA) is 96.7 Å². The molecule has 0 aliphatic heterocycles. The highest BCUT2D eigenvalue weighted by atomic mass is 16.5. The first kappa shape index (κ1) is 11.4. The normalized spacial score (nSPS) is 10.8. The summed E-state index contributed by atoms with van der Waals surface area (Å²) in [5.41, 5.74) is 2.20. The van der Waals surface area contributed by atoms with Crippen molar-refractivity contribution in [2.45, 2.75) is 13.5 Å². The molecular formula is C12H11N5O2. The number of nitrogens with one attached hydrogen (secondary N) is 2. The Morgan fingerprint density at radius 2 is 2.37 bits per heavy atom. The van der Waals surface area contributed by atoms with Crippen molar-refractivity contribution in [1.82, 2.24) is 25.4 Å². The number of carbonyl (C=O) groups is 1. The number of hydrogen-bond acceptors (Lipinski definition) is 5. The standard InChI is InChI=1S/C12H11N5O2/c1-7-16-11(17-19-7)5-13-12(18)8-2-3-9-10(4-8)15-6-14-9/h2-4,6H,5H2,1H3,(H,13,18)(H,14,15). The fourth-order valence-corrected chi connectivity index (χ4v) is 1.75. The van der Waals surface area contributed by atoms with Gasteiger partial charge in [0.15, 0.2) is 5.82 Å². The smallest absolute Gasteiger partial charge is 0.251 e. The van der Waals surface area contributed by atoms with Crippen molar-refractivity contribution in [2.24, 2.45) is 0 Å². The van der Waals surface area contributed by atoms with Crippen LogP contribution in [-0.4, -0.2) is 26.0 Å². The van der Waals surface area contributed by atoms with Gasteiger partial charge in [-0.05, 0) is 18.2 Å². The fraction of sp³-hybridized carbons (Fsp3) is 0.167. The van der Waals surface area contributed by atoms with E-state index in [9.17, 15) is 4.79 Å². The number of benzene rings is 1. The molecule has 2 heterocycles. The Labute approximate surface area is 108 Å². The van der Waals surface area contributed by atoms with Gasteiger partial charge in [0.05, 0.1) is 23.9 Å². The van der Waals surface area contributed by atoms with E-state index in [0.29, 0.717) is 17.3 Å². The summed E-state index contributed by atoms with van der Waals surface area (Å²) in [6.07, 6.45) is 1.59. The molecule has 0 aliphatic rings. The molecule has 19 heavy (non-hydrogen) atoms. The maximum absolute atomic E-state index is 12.0. The van der Waals surface area contributed by atoms with Crippen LogP contribution >= 0.6 is 0 Å². The van der Waals surface area contributed by atoms with Gasteiger partial charge in [-0.2, -0.15) is 4.98 Å². The summed E-state index contributed by atoms with van der Waals surface area (Å²) in [5, 5.41) is 6.43. The molecule has 7 nitrogen and oxygen atoms in total. The quantitative estimate of drug-likeness (QED) is 0.734.